The fraction of sp³-hybridized carbons (Fsp3) is 0.125. The van der Waals surface area contributed by atoms with E-state index in [1.807, 2.05) is 50.2 Å². The van der Waals surface area contributed by atoms with Gasteiger partial charge in [-0.05, 0) is 49.4 Å². The molecule has 0 radical (unpaired) electrons. The molecule has 2 aromatic rings. The number of amidine groups is 1. The second kappa shape index (κ2) is 7.16. The lowest BCUT2D eigenvalue weighted by Crippen LogP contribution is -1.99. The largest absolute Gasteiger partial charge is 0.284 e. The van der Waals surface area contributed by atoms with E-state index in [2.05, 4.69) is 17.6 Å². The van der Waals surface area contributed by atoms with Crippen LogP contribution in [-0.4, -0.2) is 10.2 Å². The highest BCUT2D eigenvalue weighted by Crippen LogP contribution is 2.21. The summed E-state index contributed by atoms with van der Waals surface area (Å²) >= 11 is 11.0. The van der Waals surface area contributed by atoms with Crippen LogP contribution < -0.4 is 0 Å². The normalized spacial score (nSPS) is 11.5. The fourth-order valence-corrected chi connectivity index (χ4v) is 2.93. The number of hydrogen-bond acceptors (Lipinski definition) is 2. The molecule has 0 aliphatic carbocycles. The molecule has 2 aromatic carbocycles. The Balaban J connectivity index is 2.12. The number of thioether (sulfide) groups is 1. The van der Waals surface area contributed by atoms with Crippen molar-refractivity contribution in [2.75, 3.05) is 0 Å². The summed E-state index contributed by atoms with van der Waals surface area (Å²) in [6.07, 6.45) is 0. The topological polar surface area (TPSA) is 36.2 Å². The molecule has 0 amide bonds. The van der Waals surface area contributed by atoms with Crippen LogP contribution in [0.5, 0.6) is 0 Å². The quantitative estimate of drug-likeness (QED) is 0.374. The van der Waals surface area contributed by atoms with E-state index in [-0.39, 0.29) is 5.84 Å². The summed E-state index contributed by atoms with van der Waals surface area (Å²) in [6, 6.07) is 13.7. The Morgan fingerprint density at radius 2 is 1.81 bits per heavy atom. The van der Waals surface area contributed by atoms with Crippen LogP contribution in [0.25, 0.3) is 0 Å². The van der Waals surface area contributed by atoms with Gasteiger partial charge in [-0.3, -0.25) is 5.41 Å². The number of aryl methyl sites for hydroxylation is 2. The van der Waals surface area contributed by atoms with Crippen molar-refractivity contribution < 1.29 is 0 Å². The van der Waals surface area contributed by atoms with Gasteiger partial charge in [0.15, 0.2) is 5.84 Å². The first-order valence-corrected chi connectivity index (χ1v) is 8.05. The Morgan fingerprint density at radius 3 is 2.43 bits per heavy atom. The van der Waals surface area contributed by atoms with Gasteiger partial charge in [0, 0.05) is 28.1 Å². The minimum atomic E-state index is 0.182. The Morgan fingerprint density at radius 1 is 1.14 bits per heavy atom. The second-order valence-electron chi connectivity index (χ2n) is 4.64. The maximum Gasteiger partial charge on any atom is 0.284 e. The lowest BCUT2D eigenvalue weighted by molar-refractivity contribution is 1.38. The van der Waals surface area contributed by atoms with E-state index in [0.29, 0.717) is 15.0 Å². The summed E-state index contributed by atoms with van der Waals surface area (Å²) in [4.78, 5) is 5.33. The van der Waals surface area contributed by atoms with E-state index >= 15 is 0 Å². The van der Waals surface area contributed by atoms with Gasteiger partial charge in [-0.2, -0.15) is 4.99 Å². The molecule has 2 rings (SSSR count). The van der Waals surface area contributed by atoms with Gasteiger partial charge in [-0.25, -0.2) is 0 Å². The lowest BCUT2D eigenvalue weighted by Gasteiger charge is -2.02. The second-order valence-corrected chi connectivity index (χ2v) is 6.95. The number of nitrogens with one attached hydrogen (secondary N) is 1. The fourth-order valence-electron chi connectivity index (χ4n) is 1.65. The predicted octanol–water partition coefficient (Wildman–Crippen LogP) is 4.44. The molecule has 0 heterocycles. The molecule has 2 nitrogen and oxygen atoms in total. The van der Waals surface area contributed by atoms with Crippen LogP contribution in [0.3, 0.4) is 0 Å². The summed E-state index contributed by atoms with van der Waals surface area (Å²) in [7, 11) is 0. The average Bonchev–Trinajstić information content (AvgIpc) is 2.44. The maximum atomic E-state index is 8.04. The van der Waals surface area contributed by atoms with Gasteiger partial charge in [0.25, 0.3) is 4.38 Å². The minimum absolute atomic E-state index is 0.182. The summed E-state index contributed by atoms with van der Waals surface area (Å²) in [5, 5.41) is 8.68. The molecule has 5 heteroatoms. The van der Waals surface area contributed by atoms with Crippen molar-refractivity contribution in [3.8, 4) is 0 Å². The van der Waals surface area contributed by atoms with Crippen LogP contribution in [0, 0.1) is 19.3 Å². The molecule has 0 fully saturated rings. The van der Waals surface area contributed by atoms with Crippen LogP contribution in [-0.2, 0) is 12.6 Å². The van der Waals surface area contributed by atoms with E-state index in [1.54, 1.807) is 6.07 Å². The smallest absolute Gasteiger partial charge is 0.282 e. The van der Waals surface area contributed by atoms with E-state index < -0.39 is 0 Å². The maximum absolute atomic E-state index is 8.04. The predicted molar refractivity (Wildman–Crippen MR) is 97.6 cm³/mol. The third-order valence-corrected chi connectivity index (χ3v) is 4.51. The van der Waals surface area contributed by atoms with Gasteiger partial charge in [-0.15, -0.1) is 0 Å². The van der Waals surface area contributed by atoms with E-state index in [1.165, 1.54) is 17.3 Å². The van der Waals surface area contributed by atoms with Crippen LogP contribution in [0.1, 0.15) is 16.7 Å². The molecule has 108 valence electrons. The molecular weight excluding hydrogens is 320 g/mol. The molecule has 0 aliphatic heterocycles. The van der Waals surface area contributed by atoms with Gasteiger partial charge < -0.3 is 0 Å². The van der Waals surface area contributed by atoms with Crippen molar-refractivity contribution in [1.29, 1.82) is 5.41 Å². The molecule has 0 bridgehead atoms. The SMILES string of the molecule is Cc1ccc(SC([SH2+])=NC(=N)c2ccc(C)c(Cl)c2)cc1. The van der Waals surface area contributed by atoms with Crippen molar-refractivity contribution in [2.45, 2.75) is 18.7 Å². The monoisotopic (exact) mass is 335 g/mol. The summed E-state index contributed by atoms with van der Waals surface area (Å²) in [6.45, 7) is 3.98. The third kappa shape index (κ3) is 4.63. The number of benzene rings is 2. The zero-order valence-corrected chi connectivity index (χ0v) is 14.3. The van der Waals surface area contributed by atoms with Crippen LogP contribution in [0.4, 0.5) is 0 Å². The Kier molecular flexibility index (Phi) is 5.51. The van der Waals surface area contributed by atoms with E-state index in [9.17, 15) is 0 Å². The van der Waals surface area contributed by atoms with Crippen LogP contribution in [0.15, 0.2) is 52.4 Å². The highest BCUT2D eigenvalue weighted by atomic mass is 35.5. The van der Waals surface area contributed by atoms with Crippen molar-refractivity contribution >= 4 is 46.2 Å². The zero-order chi connectivity index (χ0) is 15.4. The molecular formula is C16H16ClN2S2+. The molecule has 0 aromatic heterocycles. The molecule has 21 heavy (non-hydrogen) atoms. The van der Waals surface area contributed by atoms with Crippen LogP contribution in [0.2, 0.25) is 5.02 Å². The van der Waals surface area contributed by atoms with Gasteiger partial charge >= 0.3 is 0 Å². The number of halogens is 1. The summed E-state index contributed by atoms with van der Waals surface area (Å²) in [5.41, 5.74) is 2.91. The highest BCUT2D eigenvalue weighted by molar-refractivity contribution is 8.27. The van der Waals surface area contributed by atoms with Gasteiger partial charge in [0.05, 0.1) is 0 Å². The van der Waals surface area contributed by atoms with Crippen molar-refractivity contribution in [2.24, 2.45) is 4.99 Å². The number of aliphatic imine (C=N–C) groups is 1. The lowest BCUT2D eigenvalue weighted by atomic mass is 10.1. The van der Waals surface area contributed by atoms with Crippen molar-refractivity contribution in [3.05, 3.63) is 64.2 Å². The third-order valence-electron chi connectivity index (χ3n) is 2.89. The van der Waals surface area contributed by atoms with Crippen molar-refractivity contribution in [1.82, 2.24) is 0 Å². The minimum Gasteiger partial charge on any atom is -0.282 e. The summed E-state index contributed by atoms with van der Waals surface area (Å²) < 4.78 is 0.639. The van der Waals surface area contributed by atoms with E-state index in [0.717, 1.165) is 10.5 Å². The number of hydrogen-bond donors (Lipinski definition) is 1. The Hall–Kier alpha value is -1.23. The first-order valence-electron chi connectivity index (χ1n) is 6.35. The van der Waals surface area contributed by atoms with Gasteiger partial charge in [0.1, 0.15) is 0 Å². The molecule has 0 atom stereocenters. The standard InChI is InChI=1S/C16H15ClN2S2/c1-10-3-7-13(8-4-10)21-16(20)19-15(18)12-6-5-11(2)14(17)9-12/h3-9H,1-2H3,(H2,18,19,20)/p+1. The van der Waals surface area contributed by atoms with Gasteiger partial charge in [-0.1, -0.05) is 41.4 Å². The summed E-state index contributed by atoms with van der Waals surface area (Å²) in [5.74, 6) is 0.182. The highest BCUT2D eigenvalue weighted by Gasteiger charge is 2.08. The Labute approximate surface area is 139 Å². The first kappa shape index (κ1) is 16.1. The average molecular weight is 336 g/mol. The van der Waals surface area contributed by atoms with Crippen LogP contribution >= 0.6 is 23.4 Å². The molecule has 0 unspecified atom stereocenters. The van der Waals surface area contributed by atoms with Crippen molar-refractivity contribution in [3.63, 3.8) is 0 Å². The van der Waals surface area contributed by atoms with Gasteiger partial charge in [0.2, 0.25) is 0 Å². The molecule has 0 saturated carbocycles. The molecule has 0 aliphatic rings. The molecule has 1 N–H and O–H groups in total. The zero-order valence-electron chi connectivity index (χ0n) is 11.8. The Bertz CT molecular complexity index is 694. The number of nitrogens with zero attached hydrogens (tertiary/aromatic N) is 1. The molecule has 0 spiro atoms. The molecule has 0 saturated heterocycles. The first-order chi connectivity index (χ1) is 9.95. The number of rotatable bonds is 2. The van der Waals surface area contributed by atoms with E-state index in [4.69, 9.17) is 17.0 Å².